The van der Waals surface area contributed by atoms with Crippen molar-refractivity contribution >= 4 is 18.4 Å². The Labute approximate surface area is 168 Å². The van der Waals surface area contributed by atoms with Crippen LogP contribution >= 0.6 is 0 Å². The fourth-order valence-electron chi connectivity index (χ4n) is 3.31. The first-order valence-corrected chi connectivity index (χ1v) is 18.7. The van der Waals surface area contributed by atoms with E-state index in [1.807, 2.05) is 18.2 Å². The molecular formula is C24H44OSn. The predicted molar refractivity (Wildman–Crippen MR) is 122 cm³/mol. The molecule has 0 aromatic heterocycles. The second kappa shape index (κ2) is 18.1. The van der Waals surface area contributed by atoms with Gasteiger partial charge in [0.2, 0.25) is 0 Å². The summed E-state index contributed by atoms with van der Waals surface area (Å²) in [4.78, 5) is 0. The van der Waals surface area contributed by atoms with Gasteiger partial charge < -0.3 is 0 Å². The molecule has 0 saturated heterocycles. The molecule has 1 atom stereocenters. The molecule has 1 N–H and O–H groups in total. The summed E-state index contributed by atoms with van der Waals surface area (Å²) in [6.45, 7) is 9.08. The first-order chi connectivity index (χ1) is 12.6. The molecule has 0 fully saturated rings. The van der Waals surface area contributed by atoms with E-state index in [-0.39, 0.29) is 6.10 Å². The molecule has 0 radical (unpaired) electrons. The van der Waals surface area contributed by atoms with Gasteiger partial charge in [0, 0.05) is 0 Å². The number of allylic oxidation sites excluding steroid dienone is 6. The van der Waals surface area contributed by atoms with Crippen LogP contribution in [0.3, 0.4) is 0 Å². The molecule has 0 aromatic rings. The Kier molecular flexibility index (Phi) is 17.9. The third-order valence-corrected chi connectivity index (χ3v) is 19.1. The van der Waals surface area contributed by atoms with Crippen molar-refractivity contribution in [1.82, 2.24) is 0 Å². The summed E-state index contributed by atoms with van der Waals surface area (Å²) in [5, 5.41) is 9.65. The van der Waals surface area contributed by atoms with Gasteiger partial charge in [-0.3, -0.25) is 0 Å². The Morgan fingerprint density at radius 1 is 0.654 bits per heavy atom. The summed E-state index contributed by atoms with van der Waals surface area (Å²) in [5.74, 6) is 0. The van der Waals surface area contributed by atoms with Gasteiger partial charge in [0.1, 0.15) is 0 Å². The van der Waals surface area contributed by atoms with Crippen LogP contribution < -0.4 is 0 Å². The zero-order valence-corrected chi connectivity index (χ0v) is 20.8. The summed E-state index contributed by atoms with van der Waals surface area (Å²) in [5.41, 5.74) is 0. The molecule has 0 rings (SSSR count). The van der Waals surface area contributed by atoms with E-state index in [0.717, 1.165) is 12.8 Å². The van der Waals surface area contributed by atoms with Crippen molar-refractivity contribution in [2.24, 2.45) is 0 Å². The van der Waals surface area contributed by atoms with Crippen LogP contribution in [0.15, 0.2) is 46.6 Å². The molecular weight excluding hydrogens is 423 g/mol. The number of aliphatic hydroxyl groups is 1. The molecule has 0 heterocycles. The Hall–Kier alpha value is -0.281. The Bertz CT molecular complexity index is 398. The Morgan fingerprint density at radius 3 is 1.58 bits per heavy atom. The van der Waals surface area contributed by atoms with Crippen LogP contribution in [0.4, 0.5) is 0 Å². The third kappa shape index (κ3) is 13.9. The summed E-state index contributed by atoms with van der Waals surface area (Å²) in [7, 11) is 0. The van der Waals surface area contributed by atoms with Crippen molar-refractivity contribution in [3.63, 3.8) is 0 Å². The van der Waals surface area contributed by atoms with Crippen LogP contribution in [0.5, 0.6) is 0 Å². The first-order valence-electron chi connectivity index (χ1n) is 11.0. The van der Waals surface area contributed by atoms with Crippen molar-refractivity contribution in [2.45, 2.75) is 98.5 Å². The fraction of sp³-hybridized carbons (Fsp3) is 0.667. The first kappa shape index (κ1) is 25.7. The van der Waals surface area contributed by atoms with Crippen molar-refractivity contribution in [3.8, 4) is 0 Å². The summed E-state index contributed by atoms with van der Waals surface area (Å²) in [6, 6.07) is 0. The van der Waals surface area contributed by atoms with E-state index < -0.39 is 18.4 Å². The number of aliphatic hydroxyl groups excluding tert-OH is 1. The van der Waals surface area contributed by atoms with E-state index in [9.17, 15) is 5.11 Å². The van der Waals surface area contributed by atoms with E-state index >= 15 is 0 Å². The second-order valence-corrected chi connectivity index (χ2v) is 20.6. The van der Waals surface area contributed by atoms with Crippen LogP contribution in [0.25, 0.3) is 0 Å². The van der Waals surface area contributed by atoms with Gasteiger partial charge in [-0.1, -0.05) is 0 Å². The zero-order valence-electron chi connectivity index (χ0n) is 17.9. The van der Waals surface area contributed by atoms with E-state index in [0.29, 0.717) is 0 Å². The van der Waals surface area contributed by atoms with E-state index in [4.69, 9.17) is 0 Å². The van der Waals surface area contributed by atoms with Crippen molar-refractivity contribution in [1.29, 1.82) is 0 Å². The topological polar surface area (TPSA) is 20.2 Å². The average Bonchev–Trinajstić information content (AvgIpc) is 2.64. The quantitative estimate of drug-likeness (QED) is 0.182. The average molecular weight is 467 g/mol. The van der Waals surface area contributed by atoms with Gasteiger partial charge in [-0.05, 0) is 0 Å². The van der Waals surface area contributed by atoms with Crippen molar-refractivity contribution in [2.75, 3.05) is 0 Å². The van der Waals surface area contributed by atoms with Crippen molar-refractivity contribution in [3.05, 3.63) is 46.6 Å². The maximum atomic E-state index is 9.65. The fourth-order valence-corrected chi connectivity index (χ4v) is 17.4. The molecule has 1 unspecified atom stereocenters. The molecule has 0 aliphatic rings. The second-order valence-electron chi connectivity index (χ2n) is 7.54. The van der Waals surface area contributed by atoms with Gasteiger partial charge in [0.15, 0.2) is 0 Å². The van der Waals surface area contributed by atoms with E-state index in [1.54, 1.807) is 0 Å². The molecule has 26 heavy (non-hydrogen) atoms. The van der Waals surface area contributed by atoms with Crippen LogP contribution in [0.1, 0.15) is 79.1 Å². The minimum absolute atomic E-state index is 0.307. The summed E-state index contributed by atoms with van der Waals surface area (Å²) >= 11 is -2.11. The molecule has 0 aliphatic carbocycles. The zero-order chi connectivity index (χ0) is 19.5. The molecule has 0 spiro atoms. The van der Waals surface area contributed by atoms with Gasteiger partial charge in [0.05, 0.1) is 0 Å². The molecule has 1 nitrogen and oxygen atoms in total. The van der Waals surface area contributed by atoms with E-state index in [1.165, 1.54) is 51.8 Å². The van der Waals surface area contributed by atoms with Crippen LogP contribution in [0, 0.1) is 0 Å². The molecule has 0 aromatic carbocycles. The molecule has 150 valence electrons. The number of unbranched alkanes of at least 4 members (excludes halogenated alkanes) is 3. The van der Waals surface area contributed by atoms with Crippen molar-refractivity contribution < 1.29 is 5.11 Å². The van der Waals surface area contributed by atoms with E-state index in [2.05, 4.69) is 56.1 Å². The molecule has 0 saturated carbocycles. The Balaban J connectivity index is 4.73. The normalized spacial score (nSPS) is 14.5. The van der Waals surface area contributed by atoms with Gasteiger partial charge in [-0.2, -0.15) is 0 Å². The molecule has 0 amide bonds. The standard InChI is InChI=1S/C12H17O.3C4H9.Sn/c1-3-5-6-7-8-9-11-12(13)10-4-2;3*1-3-4-2;/h1,3,5-9,11-13H,4,10H2,2H3;3*1,3-4H2,2H3;/b3-1?,6-5+,8-7+,11-9+;;;;. The summed E-state index contributed by atoms with van der Waals surface area (Å²) < 4.78 is 7.29. The molecule has 0 bridgehead atoms. The van der Waals surface area contributed by atoms with Gasteiger partial charge >= 0.3 is 169 Å². The number of rotatable bonds is 16. The van der Waals surface area contributed by atoms with Crippen LogP contribution in [-0.2, 0) is 0 Å². The molecule has 0 aliphatic heterocycles. The van der Waals surface area contributed by atoms with Crippen LogP contribution in [0.2, 0.25) is 13.3 Å². The van der Waals surface area contributed by atoms with Gasteiger partial charge in [-0.25, -0.2) is 0 Å². The Morgan fingerprint density at radius 2 is 1.12 bits per heavy atom. The predicted octanol–water partition coefficient (Wildman–Crippen LogP) is 7.76. The van der Waals surface area contributed by atoms with Crippen LogP contribution in [-0.4, -0.2) is 29.6 Å². The van der Waals surface area contributed by atoms with Gasteiger partial charge in [-0.15, -0.1) is 0 Å². The monoisotopic (exact) mass is 468 g/mol. The molecule has 2 heteroatoms. The van der Waals surface area contributed by atoms with Gasteiger partial charge in [0.25, 0.3) is 0 Å². The minimum atomic E-state index is -2.11. The maximum absolute atomic E-state index is 9.65. The number of hydrogen-bond donors (Lipinski definition) is 1. The SMILES string of the molecule is CCC[CH2][Sn](/[CH]=C/C=C/C=C/C=C/C(O)CCC)([CH2]CCC)[CH2]CCC. The number of hydrogen-bond acceptors (Lipinski definition) is 1. The third-order valence-electron chi connectivity index (χ3n) is 5.01. The summed E-state index contributed by atoms with van der Waals surface area (Å²) in [6.07, 6.45) is 24.3.